The van der Waals surface area contributed by atoms with Crippen LogP contribution < -0.4 is 5.32 Å². The first-order chi connectivity index (χ1) is 10.3. The molecule has 0 bridgehead atoms. The fourth-order valence-electron chi connectivity index (χ4n) is 3.88. The Hall–Kier alpha value is -0.860. The van der Waals surface area contributed by atoms with E-state index in [0.717, 1.165) is 18.4 Å². The average molecular weight is 301 g/mol. The van der Waals surface area contributed by atoms with Crippen LogP contribution >= 0.6 is 11.3 Å². The summed E-state index contributed by atoms with van der Waals surface area (Å²) in [6, 6.07) is 9.63. The SMILES string of the molecule is CCCNC(c1cccc2ccsc12)C1CCC(CC)C1. The molecule has 1 aliphatic carbocycles. The molecule has 0 radical (unpaired) electrons. The smallest absolute Gasteiger partial charge is 0.0390 e. The Morgan fingerprint density at radius 2 is 2.14 bits per heavy atom. The first-order valence-electron chi connectivity index (χ1n) is 8.53. The summed E-state index contributed by atoms with van der Waals surface area (Å²) in [5.74, 6) is 1.76. The van der Waals surface area contributed by atoms with Gasteiger partial charge in [0.15, 0.2) is 0 Å². The van der Waals surface area contributed by atoms with Gasteiger partial charge in [0.05, 0.1) is 0 Å². The summed E-state index contributed by atoms with van der Waals surface area (Å²) < 4.78 is 1.49. The van der Waals surface area contributed by atoms with Gasteiger partial charge in [-0.1, -0.05) is 44.9 Å². The topological polar surface area (TPSA) is 12.0 Å². The third kappa shape index (κ3) is 3.17. The van der Waals surface area contributed by atoms with Crippen LogP contribution in [-0.4, -0.2) is 6.54 Å². The zero-order valence-electron chi connectivity index (χ0n) is 13.3. The van der Waals surface area contributed by atoms with E-state index in [1.165, 1.54) is 47.8 Å². The van der Waals surface area contributed by atoms with Gasteiger partial charge in [-0.05, 0) is 60.0 Å². The van der Waals surface area contributed by atoms with Crippen molar-refractivity contribution in [3.63, 3.8) is 0 Å². The van der Waals surface area contributed by atoms with Crippen molar-refractivity contribution in [3.05, 3.63) is 35.2 Å². The van der Waals surface area contributed by atoms with Gasteiger partial charge in [0.25, 0.3) is 0 Å². The molecule has 0 spiro atoms. The van der Waals surface area contributed by atoms with Crippen molar-refractivity contribution in [2.24, 2.45) is 11.8 Å². The van der Waals surface area contributed by atoms with Gasteiger partial charge in [0, 0.05) is 10.7 Å². The van der Waals surface area contributed by atoms with Crippen LogP contribution in [0.1, 0.15) is 57.6 Å². The van der Waals surface area contributed by atoms with Gasteiger partial charge in [0.2, 0.25) is 0 Å². The second-order valence-electron chi connectivity index (χ2n) is 6.47. The first kappa shape index (κ1) is 15.1. The van der Waals surface area contributed by atoms with Gasteiger partial charge in [-0.25, -0.2) is 0 Å². The van der Waals surface area contributed by atoms with Crippen LogP contribution in [0.3, 0.4) is 0 Å². The standard InChI is InChI=1S/C19H27NS/c1-3-11-20-18(16-9-8-14(4-2)13-16)17-7-5-6-15-10-12-21-19(15)17/h5-7,10,12,14,16,18,20H,3-4,8-9,11,13H2,1-2H3. The average Bonchev–Trinajstić information content (AvgIpc) is 3.16. The molecular formula is C19H27NS. The molecule has 21 heavy (non-hydrogen) atoms. The van der Waals surface area contributed by atoms with Crippen LogP contribution in [0.2, 0.25) is 0 Å². The molecule has 114 valence electrons. The Kier molecular flexibility index (Phi) is 4.97. The number of fused-ring (bicyclic) bond motifs is 1. The first-order valence-corrected chi connectivity index (χ1v) is 9.41. The lowest BCUT2D eigenvalue weighted by Gasteiger charge is -2.26. The molecule has 1 nitrogen and oxygen atoms in total. The van der Waals surface area contributed by atoms with Crippen LogP contribution in [0.5, 0.6) is 0 Å². The van der Waals surface area contributed by atoms with E-state index < -0.39 is 0 Å². The van der Waals surface area contributed by atoms with E-state index in [1.807, 2.05) is 11.3 Å². The van der Waals surface area contributed by atoms with E-state index in [1.54, 1.807) is 0 Å². The maximum atomic E-state index is 3.86. The molecule has 1 saturated carbocycles. The molecule has 2 aromatic rings. The summed E-state index contributed by atoms with van der Waals surface area (Å²) in [7, 11) is 0. The van der Waals surface area contributed by atoms with E-state index in [2.05, 4.69) is 48.8 Å². The second-order valence-corrected chi connectivity index (χ2v) is 7.38. The molecule has 1 N–H and O–H groups in total. The molecule has 3 unspecified atom stereocenters. The van der Waals surface area contributed by atoms with Crippen molar-refractivity contribution in [1.29, 1.82) is 0 Å². The Labute approximate surface area is 132 Å². The van der Waals surface area contributed by atoms with Crippen molar-refractivity contribution >= 4 is 21.4 Å². The summed E-state index contributed by atoms with van der Waals surface area (Å²) in [6.45, 7) is 5.74. The Balaban J connectivity index is 1.90. The van der Waals surface area contributed by atoms with Crippen LogP contribution in [0, 0.1) is 11.8 Å². The zero-order chi connectivity index (χ0) is 14.7. The number of hydrogen-bond acceptors (Lipinski definition) is 2. The molecule has 0 amide bonds. The van der Waals surface area contributed by atoms with Gasteiger partial charge < -0.3 is 5.32 Å². The predicted octanol–water partition coefficient (Wildman–Crippen LogP) is 5.77. The molecule has 1 aromatic carbocycles. The van der Waals surface area contributed by atoms with Crippen molar-refractivity contribution < 1.29 is 0 Å². The van der Waals surface area contributed by atoms with Crippen LogP contribution in [-0.2, 0) is 0 Å². The quantitative estimate of drug-likeness (QED) is 0.714. The van der Waals surface area contributed by atoms with Crippen molar-refractivity contribution in [3.8, 4) is 0 Å². The Bertz CT molecular complexity index is 574. The van der Waals surface area contributed by atoms with Crippen molar-refractivity contribution in [1.82, 2.24) is 5.32 Å². The minimum Gasteiger partial charge on any atom is -0.310 e. The third-order valence-corrected chi connectivity index (χ3v) is 6.07. The number of nitrogens with one attached hydrogen (secondary N) is 1. The van der Waals surface area contributed by atoms with Crippen molar-refractivity contribution in [2.45, 2.75) is 52.0 Å². The monoisotopic (exact) mass is 301 g/mol. The lowest BCUT2D eigenvalue weighted by Crippen LogP contribution is -2.28. The van der Waals surface area contributed by atoms with Crippen LogP contribution in [0.4, 0.5) is 0 Å². The highest BCUT2D eigenvalue weighted by atomic mass is 32.1. The summed E-state index contributed by atoms with van der Waals surface area (Å²) >= 11 is 1.90. The van der Waals surface area contributed by atoms with Crippen LogP contribution in [0.25, 0.3) is 10.1 Å². The molecule has 0 saturated heterocycles. The minimum absolute atomic E-state index is 0.545. The molecule has 0 aliphatic heterocycles. The lowest BCUT2D eigenvalue weighted by molar-refractivity contribution is 0.356. The van der Waals surface area contributed by atoms with E-state index in [-0.39, 0.29) is 0 Å². The van der Waals surface area contributed by atoms with E-state index in [4.69, 9.17) is 0 Å². The van der Waals surface area contributed by atoms with Gasteiger partial charge in [-0.3, -0.25) is 0 Å². The van der Waals surface area contributed by atoms with E-state index >= 15 is 0 Å². The molecular weight excluding hydrogens is 274 g/mol. The highest BCUT2D eigenvalue weighted by molar-refractivity contribution is 7.17. The lowest BCUT2D eigenvalue weighted by atomic mass is 9.89. The predicted molar refractivity (Wildman–Crippen MR) is 94.0 cm³/mol. The molecule has 1 aromatic heterocycles. The largest absolute Gasteiger partial charge is 0.310 e. The second kappa shape index (κ2) is 6.93. The highest BCUT2D eigenvalue weighted by Crippen LogP contribution is 2.42. The van der Waals surface area contributed by atoms with Crippen molar-refractivity contribution in [2.75, 3.05) is 6.54 Å². The molecule has 2 heteroatoms. The maximum absolute atomic E-state index is 3.86. The number of thiophene rings is 1. The molecule has 3 rings (SSSR count). The highest BCUT2D eigenvalue weighted by Gasteiger charge is 2.31. The zero-order valence-corrected chi connectivity index (χ0v) is 14.1. The van der Waals surface area contributed by atoms with E-state index in [9.17, 15) is 0 Å². The summed E-state index contributed by atoms with van der Waals surface area (Å²) in [4.78, 5) is 0. The summed E-state index contributed by atoms with van der Waals surface area (Å²) in [6.07, 6.45) is 6.77. The Morgan fingerprint density at radius 3 is 2.90 bits per heavy atom. The van der Waals surface area contributed by atoms with Crippen LogP contribution in [0.15, 0.2) is 29.6 Å². The minimum atomic E-state index is 0.545. The summed E-state index contributed by atoms with van der Waals surface area (Å²) in [5.41, 5.74) is 1.54. The Morgan fingerprint density at radius 1 is 1.24 bits per heavy atom. The summed E-state index contributed by atoms with van der Waals surface area (Å²) in [5, 5.41) is 7.50. The number of hydrogen-bond donors (Lipinski definition) is 1. The fourth-order valence-corrected chi connectivity index (χ4v) is 4.83. The molecule has 1 aliphatic rings. The van der Waals surface area contributed by atoms with E-state index in [0.29, 0.717) is 6.04 Å². The van der Waals surface area contributed by atoms with Gasteiger partial charge in [-0.2, -0.15) is 0 Å². The van der Waals surface area contributed by atoms with Gasteiger partial charge >= 0.3 is 0 Å². The number of rotatable bonds is 6. The molecule has 3 atom stereocenters. The fraction of sp³-hybridized carbons (Fsp3) is 0.579. The van der Waals surface area contributed by atoms with Gasteiger partial charge in [-0.15, -0.1) is 11.3 Å². The maximum Gasteiger partial charge on any atom is 0.0390 e. The number of benzene rings is 1. The third-order valence-electron chi connectivity index (χ3n) is 5.09. The normalized spacial score (nSPS) is 23.7. The molecule has 1 heterocycles. The van der Waals surface area contributed by atoms with Gasteiger partial charge in [0.1, 0.15) is 0 Å². The molecule has 1 fully saturated rings.